The summed E-state index contributed by atoms with van der Waals surface area (Å²) in [5, 5.41) is 1.72. The van der Waals surface area contributed by atoms with Crippen LogP contribution >= 0.6 is 0 Å². The average Bonchev–Trinajstić information content (AvgIpc) is 3.08. The molecule has 0 saturated heterocycles. The number of hydrogen-bond acceptors (Lipinski definition) is 7. The lowest BCUT2D eigenvalue weighted by atomic mass is 9.93. The second-order valence-corrected chi connectivity index (χ2v) is 15.3. The van der Waals surface area contributed by atoms with Crippen molar-refractivity contribution in [1.29, 1.82) is 0 Å². The van der Waals surface area contributed by atoms with E-state index < -0.39 is 18.9 Å². The lowest BCUT2D eigenvalue weighted by Crippen LogP contribution is -2.43. The third-order valence-electron chi connectivity index (χ3n) is 8.43. The highest BCUT2D eigenvalue weighted by Crippen LogP contribution is 2.43. The molecule has 1 N–H and O–H groups in total. The van der Waals surface area contributed by atoms with Crippen molar-refractivity contribution >= 4 is 41.3 Å². The predicted molar refractivity (Wildman–Crippen MR) is 184 cm³/mol. The zero-order chi connectivity index (χ0) is 32.9. The number of anilines is 2. The number of rotatable bonds is 13. The van der Waals surface area contributed by atoms with Crippen molar-refractivity contribution < 1.29 is 30.7 Å². The van der Waals surface area contributed by atoms with E-state index in [-0.39, 0.29) is 4.90 Å². The maximum Gasteiger partial charge on any atom is 0.500 e. The van der Waals surface area contributed by atoms with Gasteiger partial charge in [-0.05, 0) is 56.7 Å². The zero-order valence-electron chi connectivity index (χ0n) is 26.9. The molecule has 0 bridgehead atoms. The highest BCUT2D eigenvalue weighted by Gasteiger charge is 2.37. The Balaban J connectivity index is 1.74. The molecule has 2 aliphatic rings. The van der Waals surface area contributed by atoms with Crippen molar-refractivity contribution in [1.82, 2.24) is 4.58 Å². The summed E-state index contributed by atoms with van der Waals surface area (Å²) in [5.74, 6) is 0.608. The maximum atomic E-state index is 12.6. The van der Waals surface area contributed by atoms with E-state index in [9.17, 15) is 13.0 Å². The van der Waals surface area contributed by atoms with E-state index in [0.717, 1.165) is 47.2 Å². The van der Waals surface area contributed by atoms with E-state index in [2.05, 4.69) is 35.5 Å². The standard InChI is InChI=1S/C35H40N2O7SSi/c1-6-36(7-2)27-18-20-29-32(24-27)44-33-25-28(19-21-30(33)35(29)31-16-11-12-17-34(31)45(38,39)40)37(26-14-9-8-10-15-26)22-13-23-46(41-3,42-4)43-5/h8-12,14-21,24-25H,6-7,13,22-23H2,1-5H3/p+1. The third-order valence-corrected chi connectivity index (χ3v) is 12.2. The summed E-state index contributed by atoms with van der Waals surface area (Å²) in [6.45, 7) is 6.50. The van der Waals surface area contributed by atoms with Crippen LogP contribution in [-0.2, 0) is 23.4 Å². The molecule has 0 aromatic heterocycles. The molecule has 11 heteroatoms. The zero-order valence-corrected chi connectivity index (χ0v) is 28.7. The van der Waals surface area contributed by atoms with Crippen LogP contribution in [0, 0.1) is 0 Å². The Kier molecular flexibility index (Phi) is 10.4. The van der Waals surface area contributed by atoms with E-state index in [1.165, 1.54) is 6.07 Å². The van der Waals surface area contributed by atoms with Crippen molar-refractivity contribution in [2.24, 2.45) is 0 Å². The van der Waals surface area contributed by atoms with Gasteiger partial charge in [0.15, 0.2) is 0 Å². The first-order valence-electron chi connectivity index (χ1n) is 15.3. The van der Waals surface area contributed by atoms with Crippen LogP contribution in [0.3, 0.4) is 0 Å². The van der Waals surface area contributed by atoms with Gasteiger partial charge in [0.05, 0.1) is 6.07 Å². The van der Waals surface area contributed by atoms with Crippen molar-refractivity contribution in [3.05, 3.63) is 96.4 Å². The van der Waals surface area contributed by atoms with E-state index >= 15 is 0 Å². The first-order valence-corrected chi connectivity index (χ1v) is 18.7. The van der Waals surface area contributed by atoms with Crippen LogP contribution in [0.2, 0.25) is 6.04 Å². The van der Waals surface area contributed by atoms with Crippen LogP contribution in [0.25, 0.3) is 33.4 Å². The Morgan fingerprint density at radius 3 is 2.13 bits per heavy atom. The van der Waals surface area contributed by atoms with Gasteiger partial charge in [0.25, 0.3) is 10.1 Å². The van der Waals surface area contributed by atoms with Crippen LogP contribution in [0.1, 0.15) is 20.3 Å². The SMILES string of the molecule is CC[N+](CC)=c1ccc2c(-c3ccccc3S(=O)(=O)O)c3ccc(N(CCC[Si](OC)(OC)OC)c4ccccc4)cc3oc-2c1. The van der Waals surface area contributed by atoms with Crippen LogP contribution in [0.5, 0.6) is 0 Å². The van der Waals surface area contributed by atoms with Gasteiger partial charge in [0.1, 0.15) is 29.3 Å². The van der Waals surface area contributed by atoms with E-state index in [4.69, 9.17) is 17.7 Å². The molecule has 0 amide bonds. The molecule has 242 valence electrons. The molecule has 9 nitrogen and oxygen atoms in total. The van der Waals surface area contributed by atoms with E-state index in [1.807, 2.05) is 54.6 Å². The van der Waals surface area contributed by atoms with Crippen LogP contribution in [0.4, 0.5) is 11.4 Å². The van der Waals surface area contributed by atoms with Gasteiger partial charge >= 0.3 is 8.80 Å². The van der Waals surface area contributed by atoms with Gasteiger partial charge in [-0.1, -0.05) is 36.4 Å². The molecule has 0 unspecified atom stereocenters. The molecule has 5 rings (SSSR count). The fourth-order valence-corrected chi connectivity index (χ4v) is 8.44. The van der Waals surface area contributed by atoms with Crippen LogP contribution < -0.4 is 14.8 Å². The third kappa shape index (κ3) is 6.80. The number of para-hydroxylation sites is 1. The molecule has 0 saturated carbocycles. The van der Waals surface area contributed by atoms with Crippen molar-refractivity contribution in [2.45, 2.75) is 31.2 Å². The molecule has 0 spiro atoms. The normalized spacial score (nSPS) is 12.1. The van der Waals surface area contributed by atoms with Crippen molar-refractivity contribution in [2.75, 3.05) is 45.9 Å². The molecule has 0 atom stereocenters. The van der Waals surface area contributed by atoms with Gasteiger partial charge in [0.2, 0.25) is 5.36 Å². The topological polar surface area (TPSA) is 101 Å². The Morgan fingerprint density at radius 2 is 1.48 bits per heavy atom. The van der Waals surface area contributed by atoms with Gasteiger partial charge in [-0.25, -0.2) is 4.58 Å². The quantitative estimate of drug-likeness (QED) is 0.0647. The molecule has 3 aromatic rings. The van der Waals surface area contributed by atoms with Gasteiger partial charge < -0.3 is 22.6 Å². The highest BCUT2D eigenvalue weighted by molar-refractivity contribution is 7.86. The lowest BCUT2D eigenvalue weighted by molar-refractivity contribution is 0.123. The second kappa shape index (κ2) is 14.3. The number of hydrogen-bond donors (Lipinski definition) is 1. The smallest absolute Gasteiger partial charge is 0.456 e. The van der Waals surface area contributed by atoms with E-state index in [0.29, 0.717) is 35.1 Å². The summed E-state index contributed by atoms with van der Waals surface area (Å²) in [4.78, 5) is 2.05. The Bertz CT molecular complexity index is 1940. The minimum absolute atomic E-state index is 0.159. The number of fused-ring (bicyclic) bond motifs is 2. The van der Waals surface area contributed by atoms with Gasteiger partial charge in [-0.2, -0.15) is 8.42 Å². The molecule has 1 aliphatic heterocycles. The average molecular weight is 662 g/mol. The highest BCUT2D eigenvalue weighted by atomic mass is 32.2. The lowest BCUT2D eigenvalue weighted by Gasteiger charge is -2.28. The number of benzene rings is 4. The molecule has 0 radical (unpaired) electrons. The summed E-state index contributed by atoms with van der Waals surface area (Å²) in [6.07, 6.45) is 0.740. The molecular weight excluding hydrogens is 621 g/mol. The van der Waals surface area contributed by atoms with Crippen LogP contribution in [0.15, 0.2) is 100 Å². The number of nitrogens with zero attached hydrogens (tertiary/aromatic N) is 2. The largest absolute Gasteiger partial charge is 0.500 e. The van der Waals surface area contributed by atoms with Crippen molar-refractivity contribution in [3.63, 3.8) is 0 Å². The van der Waals surface area contributed by atoms with Gasteiger partial charge in [-0.3, -0.25) is 4.55 Å². The minimum Gasteiger partial charge on any atom is -0.456 e. The monoisotopic (exact) mass is 661 g/mol. The Hall–Kier alpha value is -3.84. The predicted octanol–water partition coefficient (Wildman–Crippen LogP) is 6.67. The fourth-order valence-electron chi connectivity index (χ4n) is 6.03. The van der Waals surface area contributed by atoms with E-state index in [1.54, 1.807) is 39.5 Å². The van der Waals surface area contributed by atoms with Crippen molar-refractivity contribution in [3.8, 4) is 22.5 Å². The first kappa shape index (κ1) is 33.5. The summed E-state index contributed by atoms with van der Waals surface area (Å²) >= 11 is 0. The van der Waals surface area contributed by atoms with Crippen LogP contribution in [-0.4, -0.2) is 62.7 Å². The van der Waals surface area contributed by atoms with Gasteiger partial charge in [0, 0.05) is 79.5 Å². The molecule has 1 aliphatic carbocycles. The summed E-state index contributed by atoms with van der Waals surface area (Å²) in [7, 11) is -2.42. The second-order valence-electron chi connectivity index (χ2n) is 10.9. The Labute approximate surface area is 271 Å². The molecular formula is C35H41N2O7SSi+. The summed E-state index contributed by atoms with van der Waals surface area (Å²) in [6, 6.07) is 29.2. The minimum atomic E-state index is -4.51. The Morgan fingerprint density at radius 1 is 0.804 bits per heavy atom. The first-order chi connectivity index (χ1) is 22.2. The summed E-state index contributed by atoms with van der Waals surface area (Å²) < 4.78 is 61.1. The maximum absolute atomic E-state index is 12.6. The molecule has 3 aromatic carbocycles. The molecule has 0 fully saturated rings. The van der Waals surface area contributed by atoms with Gasteiger partial charge in [-0.15, -0.1) is 0 Å². The molecule has 1 heterocycles. The summed E-state index contributed by atoms with van der Waals surface area (Å²) in [5.41, 5.74) is 4.30. The molecule has 46 heavy (non-hydrogen) atoms. The fraction of sp³-hybridized carbons (Fsp3) is 0.286.